The largest absolute Gasteiger partial charge is 0.359 e. The molecule has 33 heavy (non-hydrogen) atoms. The zero-order valence-electron chi connectivity index (χ0n) is 19.8. The Morgan fingerprint density at radius 2 is 1.94 bits per heavy atom. The highest BCUT2D eigenvalue weighted by Gasteiger charge is 2.26. The van der Waals surface area contributed by atoms with Crippen LogP contribution in [0.2, 0.25) is 0 Å². The fraction of sp³-hybridized carbons (Fsp3) is 0.625. The molecule has 0 bridgehead atoms. The Bertz CT molecular complexity index is 1030. The Hall–Kier alpha value is -2.49. The van der Waals surface area contributed by atoms with Gasteiger partial charge in [0.25, 0.3) is 0 Å². The highest BCUT2D eigenvalue weighted by molar-refractivity contribution is 5.81. The van der Waals surface area contributed by atoms with E-state index in [4.69, 9.17) is 0 Å². The lowest BCUT2D eigenvalue weighted by Crippen LogP contribution is -2.52. The third-order valence-electron chi connectivity index (χ3n) is 7.25. The third kappa shape index (κ3) is 5.05. The Balaban J connectivity index is 1.51. The standard InChI is InChI=1S/C24H36N6O3/c1-25-22(32)7-6-20(17-31)30-21-5-3-4-18(23(21)27(2)24(30)33)16-28-12-14-29(15-13-28)19-8-10-26-11-9-19/h3-5,17,19-20,26H,6-16H2,1-2H3,(H,25,32). The van der Waals surface area contributed by atoms with Crippen molar-refractivity contribution in [3.05, 3.63) is 34.2 Å². The molecule has 0 aliphatic carbocycles. The van der Waals surface area contributed by atoms with Crippen LogP contribution in [0.4, 0.5) is 0 Å². The monoisotopic (exact) mass is 456 g/mol. The van der Waals surface area contributed by atoms with Crippen LogP contribution in [0.5, 0.6) is 0 Å². The summed E-state index contributed by atoms with van der Waals surface area (Å²) in [4.78, 5) is 41.7. The number of benzene rings is 1. The molecule has 1 aromatic heterocycles. The van der Waals surface area contributed by atoms with E-state index in [-0.39, 0.29) is 18.0 Å². The minimum atomic E-state index is -0.665. The maximum atomic E-state index is 13.1. The minimum Gasteiger partial charge on any atom is -0.359 e. The van der Waals surface area contributed by atoms with Crippen molar-refractivity contribution in [2.24, 2.45) is 7.05 Å². The van der Waals surface area contributed by atoms with Crippen molar-refractivity contribution >= 4 is 23.2 Å². The smallest absolute Gasteiger partial charge is 0.329 e. The lowest BCUT2D eigenvalue weighted by atomic mass is 10.0. The van der Waals surface area contributed by atoms with Crippen LogP contribution < -0.4 is 16.3 Å². The Morgan fingerprint density at radius 3 is 2.61 bits per heavy atom. The molecule has 2 aliphatic rings. The summed E-state index contributed by atoms with van der Waals surface area (Å²) < 4.78 is 3.19. The van der Waals surface area contributed by atoms with E-state index in [1.807, 2.05) is 12.1 Å². The number of aryl methyl sites for hydroxylation is 1. The van der Waals surface area contributed by atoms with Crippen LogP contribution >= 0.6 is 0 Å². The molecule has 1 unspecified atom stereocenters. The zero-order valence-corrected chi connectivity index (χ0v) is 19.8. The number of carbonyl (C=O) groups is 2. The van der Waals surface area contributed by atoms with Crippen LogP contribution in [0.15, 0.2) is 23.0 Å². The van der Waals surface area contributed by atoms with Gasteiger partial charge in [0, 0.05) is 59.3 Å². The van der Waals surface area contributed by atoms with Gasteiger partial charge in [-0.25, -0.2) is 4.79 Å². The van der Waals surface area contributed by atoms with E-state index in [2.05, 4.69) is 26.5 Å². The summed E-state index contributed by atoms with van der Waals surface area (Å²) in [5.74, 6) is -0.139. The maximum Gasteiger partial charge on any atom is 0.329 e. The number of imidazole rings is 1. The van der Waals surface area contributed by atoms with E-state index in [1.54, 1.807) is 23.2 Å². The summed E-state index contributed by atoms with van der Waals surface area (Å²) in [5, 5.41) is 6.02. The lowest BCUT2D eigenvalue weighted by Gasteiger charge is -2.41. The van der Waals surface area contributed by atoms with Crippen molar-refractivity contribution in [2.45, 2.75) is 44.3 Å². The first-order chi connectivity index (χ1) is 16.0. The number of nitrogens with zero attached hydrogens (tertiary/aromatic N) is 4. The molecule has 2 N–H and O–H groups in total. The van der Waals surface area contributed by atoms with Crippen LogP contribution in [0.25, 0.3) is 11.0 Å². The van der Waals surface area contributed by atoms with E-state index >= 15 is 0 Å². The molecule has 2 fully saturated rings. The predicted molar refractivity (Wildman–Crippen MR) is 128 cm³/mol. The summed E-state index contributed by atoms with van der Waals surface area (Å²) in [5.41, 5.74) is 2.50. The molecular formula is C24H36N6O3. The number of nitrogens with one attached hydrogen (secondary N) is 2. The van der Waals surface area contributed by atoms with Crippen LogP contribution in [0.3, 0.4) is 0 Å². The Morgan fingerprint density at radius 1 is 1.21 bits per heavy atom. The number of fused-ring (bicyclic) bond motifs is 1. The van der Waals surface area contributed by atoms with Gasteiger partial charge in [-0.1, -0.05) is 12.1 Å². The number of carbonyl (C=O) groups excluding carboxylic acids is 2. The second-order valence-corrected chi connectivity index (χ2v) is 9.21. The van der Waals surface area contributed by atoms with Gasteiger partial charge in [0.2, 0.25) is 5.91 Å². The molecule has 0 spiro atoms. The number of para-hydroxylation sites is 1. The van der Waals surface area contributed by atoms with Crippen molar-refractivity contribution in [1.82, 2.24) is 29.6 Å². The third-order valence-corrected chi connectivity index (χ3v) is 7.25. The topological polar surface area (TPSA) is 91.6 Å². The van der Waals surface area contributed by atoms with E-state index in [9.17, 15) is 14.4 Å². The number of amides is 1. The molecule has 9 heteroatoms. The highest BCUT2D eigenvalue weighted by atomic mass is 16.2. The summed E-state index contributed by atoms with van der Waals surface area (Å²) in [7, 11) is 3.33. The van der Waals surface area contributed by atoms with Crippen LogP contribution in [0.1, 0.15) is 37.3 Å². The number of rotatable bonds is 8. The van der Waals surface area contributed by atoms with Gasteiger partial charge in [-0.2, -0.15) is 0 Å². The summed E-state index contributed by atoms with van der Waals surface area (Å²) in [6.45, 7) is 7.18. The molecule has 9 nitrogen and oxygen atoms in total. The van der Waals surface area contributed by atoms with Crippen LogP contribution in [-0.4, -0.2) is 83.5 Å². The highest BCUT2D eigenvalue weighted by Crippen LogP contribution is 2.24. The molecule has 2 aliphatic heterocycles. The van der Waals surface area contributed by atoms with E-state index in [0.717, 1.165) is 68.7 Å². The molecule has 2 saturated heterocycles. The summed E-state index contributed by atoms with van der Waals surface area (Å²) in [6, 6.07) is 5.96. The normalized spacial score (nSPS) is 19.6. The Kier molecular flexibility index (Phi) is 7.62. The number of hydrogen-bond donors (Lipinski definition) is 2. The van der Waals surface area contributed by atoms with Gasteiger partial charge in [-0.15, -0.1) is 0 Å². The average molecular weight is 457 g/mol. The number of piperazine rings is 1. The molecule has 1 amide bonds. The van der Waals surface area contributed by atoms with Gasteiger partial charge in [-0.05, 0) is 44.0 Å². The molecule has 180 valence electrons. The first-order valence-electron chi connectivity index (χ1n) is 12.0. The van der Waals surface area contributed by atoms with Crippen molar-refractivity contribution < 1.29 is 9.59 Å². The SMILES string of the molecule is CNC(=O)CCC(C=O)n1c(=O)n(C)c2c(CN3CCN(C4CCNCC4)CC3)cccc21. The molecule has 4 rings (SSSR count). The second-order valence-electron chi connectivity index (χ2n) is 9.21. The zero-order chi connectivity index (χ0) is 23.4. The summed E-state index contributed by atoms with van der Waals surface area (Å²) in [6.07, 6.45) is 3.73. The molecule has 1 aromatic carbocycles. The van der Waals surface area contributed by atoms with Crippen molar-refractivity contribution in [1.29, 1.82) is 0 Å². The quantitative estimate of drug-likeness (QED) is 0.562. The molecule has 3 heterocycles. The van der Waals surface area contributed by atoms with Crippen molar-refractivity contribution in [3.8, 4) is 0 Å². The Labute approximate surface area is 194 Å². The van der Waals surface area contributed by atoms with E-state index < -0.39 is 6.04 Å². The molecule has 2 aromatic rings. The molecule has 0 radical (unpaired) electrons. The number of hydrogen-bond acceptors (Lipinski definition) is 6. The van der Waals surface area contributed by atoms with Gasteiger partial charge in [-0.3, -0.25) is 23.7 Å². The van der Waals surface area contributed by atoms with Gasteiger partial charge in [0.15, 0.2) is 0 Å². The number of piperidine rings is 1. The molecule has 0 saturated carbocycles. The van der Waals surface area contributed by atoms with Gasteiger partial charge >= 0.3 is 5.69 Å². The van der Waals surface area contributed by atoms with Gasteiger partial charge < -0.3 is 15.4 Å². The minimum absolute atomic E-state index is 0.139. The second kappa shape index (κ2) is 10.6. The van der Waals surface area contributed by atoms with Crippen molar-refractivity contribution in [2.75, 3.05) is 46.3 Å². The van der Waals surface area contributed by atoms with Gasteiger partial charge in [0.05, 0.1) is 17.1 Å². The first kappa shape index (κ1) is 23.7. The van der Waals surface area contributed by atoms with Crippen LogP contribution in [0, 0.1) is 0 Å². The van der Waals surface area contributed by atoms with Gasteiger partial charge in [0.1, 0.15) is 6.29 Å². The van der Waals surface area contributed by atoms with E-state index in [0.29, 0.717) is 12.5 Å². The number of aromatic nitrogens is 2. The average Bonchev–Trinajstić information content (AvgIpc) is 3.11. The fourth-order valence-electron chi connectivity index (χ4n) is 5.33. The van der Waals surface area contributed by atoms with E-state index in [1.165, 1.54) is 12.8 Å². The molecule has 1 atom stereocenters. The summed E-state index contributed by atoms with van der Waals surface area (Å²) >= 11 is 0. The van der Waals surface area contributed by atoms with Crippen molar-refractivity contribution in [3.63, 3.8) is 0 Å². The predicted octanol–water partition coefficient (Wildman–Crippen LogP) is 0.476. The maximum absolute atomic E-state index is 13.1. The van der Waals surface area contributed by atoms with Crippen LogP contribution in [-0.2, 0) is 23.2 Å². The first-order valence-corrected chi connectivity index (χ1v) is 12.0. The lowest BCUT2D eigenvalue weighted by molar-refractivity contribution is -0.121. The molecular weight excluding hydrogens is 420 g/mol. The fourth-order valence-corrected chi connectivity index (χ4v) is 5.33. The number of aldehydes is 1.